The molecule has 0 amide bonds. The molecule has 0 radical (unpaired) electrons. The first-order valence-corrected chi connectivity index (χ1v) is 7.67. The van der Waals surface area contributed by atoms with Crippen LogP contribution in [-0.4, -0.2) is 22.5 Å². The van der Waals surface area contributed by atoms with Crippen LogP contribution in [-0.2, 0) is 10.5 Å². The fourth-order valence-electron chi connectivity index (χ4n) is 1.48. The molecule has 2 heterocycles. The molecule has 0 aliphatic heterocycles. The van der Waals surface area contributed by atoms with Gasteiger partial charge in [-0.3, -0.25) is 0 Å². The molecule has 6 heteroatoms. The lowest BCUT2D eigenvalue weighted by Crippen LogP contribution is -2.06. The summed E-state index contributed by atoms with van der Waals surface area (Å²) in [6.45, 7) is 4.14. The maximum Gasteiger partial charge on any atom is 0.340 e. The Bertz CT molecular complexity index is 569. The van der Waals surface area contributed by atoms with Crippen LogP contribution < -0.4 is 0 Å². The first kappa shape index (κ1) is 14.0. The third-order valence-electron chi connectivity index (χ3n) is 2.29. The highest BCUT2D eigenvalue weighted by atomic mass is 32.2. The van der Waals surface area contributed by atoms with Crippen LogP contribution in [0.1, 0.15) is 27.2 Å². The van der Waals surface area contributed by atoms with E-state index in [1.807, 2.05) is 13.1 Å². The summed E-state index contributed by atoms with van der Waals surface area (Å²) < 4.78 is 5.02. The highest BCUT2D eigenvalue weighted by Crippen LogP contribution is 2.26. The van der Waals surface area contributed by atoms with E-state index in [9.17, 15) is 4.79 Å². The molecule has 0 saturated heterocycles. The number of esters is 1. The van der Waals surface area contributed by atoms with E-state index in [1.165, 1.54) is 16.6 Å². The molecule has 0 unspecified atom stereocenters. The van der Waals surface area contributed by atoms with Crippen LogP contribution in [0.2, 0.25) is 0 Å². The largest absolute Gasteiger partial charge is 0.462 e. The Hall–Kier alpha value is -1.40. The van der Waals surface area contributed by atoms with Gasteiger partial charge in [-0.25, -0.2) is 14.8 Å². The minimum Gasteiger partial charge on any atom is -0.462 e. The molecule has 0 atom stereocenters. The van der Waals surface area contributed by atoms with Gasteiger partial charge >= 0.3 is 5.97 Å². The van der Waals surface area contributed by atoms with Gasteiger partial charge in [-0.2, -0.15) is 0 Å². The van der Waals surface area contributed by atoms with E-state index in [2.05, 4.69) is 9.97 Å². The number of carbonyl (C=O) groups is 1. The maximum absolute atomic E-state index is 11.8. The molecule has 0 aliphatic rings. The van der Waals surface area contributed by atoms with Crippen LogP contribution in [0.5, 0.6) is 0 Å². The number of ether oxygens (including phenoxy) is 1. The van der Waals surface area contributed by atoms with Gasteiger partial charge in [-0.1, -0.05) is 11.8 Å². The Morgan fingerprint density at radius 2 is 2.32 bits per heavy atom. The van der Waals surface area contributed by atoms with Crippen LogP contribution in [0.25, 0.3) is 0 Å². The van der Waals surface area contributed by atoms with Gasteiger partial charge in [0.15, 0.2) is 0 Å². The fourth-order valence-corrected chi connectivity index (χ4v) is 3.28. The van der Waals surface area contributed by atoms with Crippen LogP contribution in [0.15, 0.2) is 29.6 Å². The molecule has 2 aromatic heterocycles. The quantitative estimate of drug-likeness (QED) is 0.625. The molecule has 2 rings (SSSR count). The Balaban J connectivity index is 2.09. The van der Waals surface area contributed by atoms with E-state index in [0.717, 1.165) is 10.8 Å². The summed E-state index contributed by atoms with van der Waals surface area (Å²) >= 11 is 3.18. The summed E-state index contributed by atoms with van der Waals surface area (Å²) in [5.41, 5.74) is 0.524. The van der Waals surface area contributed by atoms with Crippen molar-refractivity contribution in [1.82, 2.24) is 9.97 Å². The number of aryl methyl sites for hydroxylation is 1. The molecule has 0 spiro atoms. The zero-order valence-electron chi connectivity index (χ0n) is 10.8. The highest BCUT2D eigenvalue weighted by molar-refractivity contribution is 7.98. The van der Waals surface area contributed by atoms with E-state index in [1.54, 1.807) is 36.6 Å². The van der Waals surface area contributed by atoms with Crippen molar-refractivity contribution < 1.29 is 9.53 Å². The van der Waals surface area contributed by atoms with Crippen molar-refractivity contribution in [2.75, 3.05) is 6.61 Å². The molecule has 0 fully saturated rings. The van der Waals surface area contributed by atoms with Gasteiger partial charge in [0.2, 0.25) is 0 Å². The number of rotatable bonds is 5. The van der Waals surface area contributed by atoms with Gasteiger partial charge in [-0.05, 0) is 26.0 Å². The molecule has 0 aliphatic carbocycles. The standard InChI is InChI=1S/C13H14N2O2S2/c1-3-17-13(16)11-5-4-6-14-12(11)18-8-10-7-15-9(2)19-10/h4-7H,3,8H2,1-2H3. The average Bonchev–Trinajstić information content (AvgIpc) is 2.83. The van der Waals surface area contributed by atoms with E-state index < -0.39 is 0 Å². The summed E-state index contributed by atoms with van der Waals surface area (Å²) in [5, 5.41) is 1.74. The number of hydrogen-bond donors (Lipinski definition) is 0. The van der Waals surface area contributed by atoms with E-state index >= 15 is 0 Å². The van der Waals surface area contributed by atoms with E-state index in [-0.39, 0.29) is 5.97 Å². The molecule has 0 saturated carbocycles. The predicted molar refractivity (Wildman–Crippen MR) is 76.6 cm³/mol. The third-order valence-corrected chi connectivity index (χ3v) is 4.44. The van der Waals surface area contributed by atoms with Gasteiger partial charge in [-0.15, -0.1) is 11.3 Å². The number of hydrogen-bond acceptors (Lipinski definition) is 6. The van der Waals surface area contributed by atoms with Crippen LogP contribution in [0.4, 0.5) is 0 Å². The van der Waals surface area contributed by atoms with Gasteiger partial charge in [0, 0.05) is 23.0 Å². The minimum atomic E-state index is -0.321. The van der Waals surface area contributed by atoms with Gasteiger partial charge in [0.05, 0.1) is 17.2 Å². The number of nitrogens with zero attached hydrogens (tertiary/aromatic N) is 2. The van der Waals surface area contributed by atoms with Crippen LogP contribution >= 0.6 is 23.1 Å². The average molecular weight is 294 g/mol. The highest BCUT2D eigenvalue weighted by Gasteiger charge is 2.13. The van der Waals surface area contributed by atoms with Crippen molar-refractivity contribution >= 4 is 29.1 Å². The van der Waals surface area contributed by atoms with Crippen molar-refractivity contribution in [3.8, 4) is 0 Å². The van der Waals surface area contributed by atoms with Crippen molar-refractivity contribution in [3.05, 3.63) is 40.0 Å². The monoisotopic (exact) mass is 294 g/mol. The lowest BCUT2D eigenvalue weighted by atomic mass is 10.3. The van der Waals surface area contributed by atoms with Gasteiger partial charge in [0.25, 0.3) is 0 Å². The molecule has 0 N–H and O–H groups in total. The summed E-state index contributed by atoms with van der Waals surface area (Å²) in [5.74, 6) is 0.438. The second kappa shape index (κ2) is 6.68. The Labute approximate surface area is 120 Å². The molecule has 0 aromatic carbocycles. The molecule has 2 aromatic rings. The molecule has 0 bridgehead atoms. The number of pyridine rings is 1. The first-order chi connectivity index (χ1) is 9.20. The molecule has 100 valence electrons. The molecular formula is C13H14N2O2S2. The lowest BCUT2D eigenvalue weighted by molar-refractivity contribution is 0.0521. The zero-order chi connectivity index (χ0) is 13.7. The second-order valence-corrected chi connectivity index (χ2v) is 5.99. The minimum absolute atomic E-state index is 0.321. The fraction of sp³-hybridized carbons (Fsp3) is 0.308. The summed E-state index contributed by atoms with van der Waals surface area (Å²) in [7, 11) is 0. The predicted octanol–water partition coefficient (Wildman–Crippen LogP) is 3.32. The summed E-state index contributed by atoms with van der Waals surface area (Å²) in [6, 6.07) is 3.48. The van der Waals surface area contributed by atoms with Crippen molar-refractivity contribution in [2.45, 2.75) is 24.6 Å². The first-order valence-electron chi connectivity index (χ1n) is 5.87. The normalized spacial score (nSPS) is 10.4. The van der Waals surface area contributed by atoms with Crippen molar-refractivity contribution in [2.24, 2.45) is 0 Å². The van der Waals surface area contributed by atoms with Crippen molar-refractivity contribution in [3.63, 3.8) is 0 Å². The topological polar surface area (TPSA) is 52.1 Å². The molecular weight excluding hydrogens is 280 g/mol. The SMILES string of the molecule is CCOC(=O)c1cccnc1SCc1cnc(C)s1. The Morgan fingerprint density at radius 3 is 3.00 bits per heavy atom. The Morgan fingerprint density at radius 1 is 1.47 bits per heavy atom. The van der Waals surface area contributed by atoms with Gasteiger partial charge in [0.1, 0.15) is 5.03 Å². The molecule has 4 nitrogen and oxygen atoms in total. The second-order valence-electron chi connectivity index (χ2n) is 3.71. The maximum atomic E-state index is 11.8. The lowest BCUT2D eigenvalue weighted by Gasteiger charge is -2.06. The van der Waals surface area contributed by atoms with Gasteiger partial charge < -0.3 is 4.74 Å². The van der Waals surface area contributed by atoms with Crippen LogP contribution in [0.3, 0.4) is 0 Å². The summed E-state index contributed by atoms with van der Waals surface area (Å²) in [4.78, 5) is 21.4. The van der Waals surface area contributed by atoms with E-state index in [4.69, 9.17) is 4.74 Å². The molecule has 19 heavy (non-hydrogen) atoms. The zero-order valence-corrected chi connectivity index (χ0v) is 12.4. The number of thiazole rings is 1. The van der Waals surface area contributed by atoms with Crippen molar-refractivity contribution in [1.29, 1.82) is 0 Å². The number of aromatic nitrogens is 2. The Kier molecular flexibility index (Phi) is 4.93. The van der Waals surface area contributed by atoms with E-state index in [0.29, 0.717) is 17.2 Å². The third kappa shape index (κ3) is 3.78. The number of thioether (sulfide) groups is 1. The smallest absolute Gasteiger partial charge is 0.340 e. The number of carbonyl (C=O) groups excluding carboxylic acids is 1. The van der Waals surface area contributed by atoms with Crippen LogP contribution in [0, 0.1) is 6.92 Å². The summed E-state index contributed by atoms with van der Waals surface area (Å²) in [6.07, 6.45) is 3.54.